The van der Waals surface area contributed by atoms with E-state index in [0.29, 0.717) is 6.42 Å². The number of hydrogen-bond donors (Lipinski definition) is 2. The molecule has 1 rings (SSSR count). The average Bonchev–Trinajstić information content (AvgIpc) is 2.80. The normalized spacial score (nSPS) is 20.6. The van der Waals surface area contributed by atoms with Gasteiger partial charge in [0.2, 0.25) is 0 Å². The number of carbonyl (C=O) groups excluding carboxylic acids is 1. The molecular weight excluding hydrogens is 194 g/mol. The van der Waals surface area contributed by atoms with Gasteiger partial charge in [-0.1, -0.05) is 6.92 Å². The molecule has 1 fully saturated rings. The molecule has 0 radical (unpaired) electrons. The molecule has 4 heteroatoms. The van der Waals surface area contributed by atoms with Gasteiger partial charge in [-0.3, -0.25) is 0 Å². The highest BCUT2D eigenvalue weighted by Gasteiger charge is 2.50. The van der Waals surface area contributed by atoms with Crippen LogP contribution in [0, 0.1) is 0 Å². The summed E-state index contributed by atoms with van der Waals surface area (Å²) >= 11 is 0. The van der Waals surface area contributed by atoms with Gasteiger partial charge in [0.25, 0.3) is 0 Å². The van der Waals surface area contributed by atoms with Crippen LogP contribution in [-0.4, -0.2) is 28.4 Å². The van der Waals surface area contributed by atoms with Gasteiger partial charge in [0.1, 0.15) is 5.60 Å². The second-order valence-electron chi connectivity index (χ2n) is 5.21. The lowest BCUT2D eigenvalue weighted by Gasteiger charge is -2.25. The predicted molar refractivity (Wildman–Crippen MR) is 57.6 cm³/mol. The Morgan fingerprint density at radius 1 is 1.53 bits per heavy atom. The van der Waals surface area contributed by atoms with Gasteiger partial charge in [-0.05, 0) is 40.0 Å². The van der Waals surface area contributed by atoms with Crippen molar-refractivity contribution in [1.82, 2.24) is 5.32 Å². The molecule has 88 valence electrons. The van der Waals surface area contributed by atoms with Crippen molar-refractivity contribution >= 4 is 6.09 Å². The molecule has 0 saturated heterocycles. The van der Waals surface area contributed by atoms with Gasteiger partial charge in [0.15, 0.2) is 0 Å². The molecule has 1 aliphatic rings. The topological polar surface area (TPSA) is 58.6 Å². The first-order valence-electron chi connectivity index (χ1n) is 5.48. The smallest absolute Gasteiger partial charge is 0.408 e. The maximum atomic E-state index is 11.5. The highest BCUT2D eigenvalue weighted by Crippen LogP contribution is 2.40. The van der Waals surface area contributed by atoms with Gasteiger partial charge in [-0.2, -0.15) is 0 Å². The Balaban J connectivity index is 2.45. The lowest BCUT2D eigenvalue weighted by molar-refractivity contribution is 0.0390. The zero-order chi connectivity index (χ0) is 11.7. The minimum Gasteiger partial charge on any atom is -0.444 e. The number of amides is 1. The highest BCUT2D eigenvalue weighted by molar-refractivity contribution is 5.69. The van der Waals surface area contributed by atoms with Crippen LogP contribution in [0.25, 0.3) is 0 Å². The Labute approximate surface area is 91.0 Å². The van der Waals surface area contributed by atoms with Crippen molar-refractivity contribution in [1.29, 1.82) is 0 Å². The van der Waals surface area contributed by atoms with Gasteiger partial charge >= 0.3 is 6.09 Å². The maximum Gasteiger partial charge on any atom is 0.408 e. The summed E-state index contributed by atoms with van der Waals surface area (Å²) in [5.74, 6) is 0. The number of rotatable bonds is 3. The quantitative estimate of drug-likeness (QED) is 0.755. The molecule has 1 atom stereocenters. The summed E-state index contributed by atoms with van der Waals surface area (Å²) in [6, 6.07) is 0. The first-order valence-corrected chi connectivity index (χ1v) is 5.48. The minimum atomic E-state index is -0.489. The summed E-state index contributed by atoms with van der Waals surface area (Å²) in [6.45, 7) is 7.37. The van der Waals surface area contributed by atoms with Crippen molar-refractivity contribution in [2.45, 2.75) is 64.2 Å². The number of aliphatic hydroxyl groups excluding tert-OH is 1. The van der Waals surface area contributed by atoms with E-state index < -0.39 is 23.3 Å². The first kappa shape index (κ1) is 12.3. The summed E-state index contributed by atoms with van der Waals surface area (Å²) < 4.78 is 5.15. The van der Waals surface area contributed by atoms with Gasteiger partial charge in [-0.15, -0.1) is 0 Å². The van der Waals surface area contributed by atoms with E-state index in [2.05, 4.69) is 5.32 Å². The molecule has 1 saturated carbocycles. The standard InChI is InChI=1S/C11H21NO3/c1-5-8(13)11(6-7-11)12-9(14)15-10(2,3)4/h8,13H,5-7H2,1-4H3,(H,12,14). The van der Waals surface area contributed by atoms with E-state index in [1.54, 1.807) is 0 Å². The van der Waals surface area contributed by atoms with Gasteiger partial charge in [0.05, 0.1) is 11.6 Å². The second kappa shape index (κ2) is 4.00. The average molecular weight is 215 g/mol. The number of alkyl carbamates (subject to hydrolysis) is 1. The van der Waals surface area contributed by atoms with E-state index in [9.17, 15) is 9.90 Å². The fourth-order valence-electron chi connectivity index (χ4n) is 1.57. The van der Waals surface area contributed by atoms with Gasteiger partial charge in [-0.25, -0.2) is 4.79 Å². The zero-order valence-corrected chi connectivity index (χ0v) is 9.96. The van der Waals surface area contributed by atoms with Crippen molar-refractivity contribution in [2.75, 3.05) is 0 Å². The van der Waals surface area contributed by atoms with Gasteiger partial charge < -0.3 is 15.2 Å². The summed E-state index contributed by atoms with van der Waals surface area (Å²) in [7, 11) is 0. The highest BCUT2D eigenvalue weighted by atomic mass is 16.6. The molecule has 0 bridgehead atoms. The second-order valence-corrected chi connectivity index (χ2v) is 5.21. The van der Waals surface area contributed by atoms with Crippen LogP contribution in [-0.2, 0) is 4.74 Å². The van der Waals surface area contributed by atoms with Crippen LogP contribution in [0.2, 0.25) is 0 Å². The summed E-state index contributed by atoms with van der Waals surface area (Å²) in [5.41, 5.74) is -0.908. The Morgan fingerprint density at radius 3 is 2.40 bits per heavy atom. The van der Waals surface area contributed by atoms with E-state index in [1.165, 1.54) is 0 Å². The zero-order valence-electron chi connectivity index (χ0n) is 9.96. The molecule has 0 spiro atoms. The van der Waals surface area contributed by atoms with E-state index in [1.807, 2.05) is 27.7 Å². The SMILES string of the molecule is CCC(O)C1(NC(=O)OC(C)(C)C)CC1. The lowest BCUT2D eigenvalue weighted by atomic mass is 10.1. The summed E-state index contributed by atoms with van der Waals surface area (Å²) in [5, 5.41) is 12.5. The van der Waals surface area contributed by atoms with Crippen LogP contribution in [0.3, 0.4) is 0 Å². The molecule has 0 aliphatic heterocycles. The predicted octanol–water partition coefficient (Wildman–Crippen LogP) is 1.81. The van der Waals surface area contributed by atoms with Crippen LogP contribution >= 0.6 is 0 Å². The van der Waals surface area contributed by atoms with Gasteiger partial charge in [0, 0.05) is 0 Å². The Bertz CT molecular complexity index is 241. The number of ether oxygens (including phenoxy) is 1. The Morgan fingerprint density at radius 2 is 2.07 bits per heavy atom. The molecule has 1 aliphatic carbocycles. The fraction of sp³-hybridized carbons (Fsp3) is 0.909. The summed E-state index contributed by atoms with van der Waals surface area (Å²) in [4.78, 5) is 11.5. The van der Waals surface area contributed by atoms with E-state index >= 15 is 0 Å². The molecule has 1 unspecified atom stereocenters. The molecule has 0 aromatic heterocycles. The summed E-state index contributed by atoms with van der Waals surface area (Å²) in [6.07, 6.45) is 1.41. The van der Waals surface area contributed by atoms with E-state index in [0.717, 1.165) is 12.8 Å². The largest absolute Gasteiger partial charge is 0.444 e. The molecule has 0 heterocycles. The third-order valence-electron chi connectivity index (χ3n) is 2.56. The first-order chi connectivity index (χ1) is 6.79. The number of hydrogen-bond acceptors (Lipinski definition) is 3. The minimum absolute atomic E-state index is 0.420. The van der Waals surface area contributed by atoms with Crippen LogP contribution in [0.4, 0.5) is 4.79 Å². The number of carbonyl (C=O) groups is 1. The number of nitrogens with one attached hydrogen (secondary N) is 1. The van der Waals surface area contributed by atoms with Crippen molar-refractivity contribution in [3.05, 3.63) is 0 Å². The van der Waals surface area contributed by atoms with Crippen molar-refractivity contribution in [3.63, 3.8) is 0 Å². The van der Waals surface area contributed by atoms with Crippen molar-refractivity contribution in [2.24, 2.45) is 0 Å². The van der Waals surface area contributed by atoms with Crippen LogP contribution in [0.5, 0.6) is 0 Å². The molecule has 0 aromatic rings. The van der Waals surface area contributed by atoms with Crippen molar-refractivity contribution in [3.8, 4) is 0 Å². The van der Waals surface area contributed by atoms with Crippen molar-refractivity contribution < 1.29 is 14.6 Å². The van der Waals surface area contributed by atoms with Crippen LogP contribution in [0.1, 0.15) is 47.0 Å². The van der Waals surface area contributed by atoms with Crippen LogP contribution < -0.4 is 5.32 Å². The molecule has 0 aromatic carbocycles. The van der Waals surface area contributed by atoms with E-state index in [4.69, 9.17) is 4.74 Å². The fourth-order valence-corrected chi connectivity index (χ4v) is 1.57. The maximum absolute atomic E-state index is 11.5. The molecule has 1 amide bonds. The van der Waals surface area contributed by atoms with E-state index in [-0.39, 0.29) is 0 Å². The number of aliphatic hydroxyl groups is 1. The molecule has 4 nitrogen and oxygen atoms in total. The monoisotopic (exact) mass is 215 g/mol. The lowest BCUT2D eigenvalue weighted by Crippen LogP contribution is -2.47. The third kappa shape index (κ3) is 3.38. The third-order valence-corrected chi connectivity index (χ3v) is 2.56. The molecular formula is C11H21NO3. The Kier molecular flexibility index (Phi) is 3.28. The molecule has 15 heavy (non-hydrogen) atoms. The molecule has 2 N–H and O–H groups in total. The van der Waals surface area contributed by atoms with Crippen LogP contribution in [0.15, 0.2) is 0 Å². The Hall–Kier alpha value is -0.770.